The van der Waals surface area contributed by atoms with Crippen molar-refractivity contribution in [3.8, 4) is 17.2 Å². The fourth-order valence-corrected chi connectivity index (χ4v) is 2.64. The predicted octanol–water partition coefficient (Wildman–Crippen LogP) is -1.44. The molecule has 1 aromatic rings. The Morgan fingerprint density at radius 3 is 2.78 bits per heavy atom. The lowest BCUT2D eigenvalue weighted by Crippen LogP contribution is -3.00. The molecular formula is C13H18INO3. The summed E-state index contributed by atoms with van der Waals surface area (Å²) in [6.07, 6.45) is 1.06. The van der Waals surface area contributed by atoms with Crippen LogP contribution in [0.5, 0.6) is 17.2 Å². The standard InChI is InChI=1S/C13H18NO3.HI/c1-14(2)5-4-9-6-11-13(17-8-16-11)12(15-3)10(9)7-14;/h6H,4-5,7-8H2,1-3H3;1H/q+1;/p-1. The van der Waals surface area contributed by atoms with Gasteiger partial charge in [0.1, 0.15) is 6.54 Å². The van der Waals surface area contributed by atoms with E-state index in [9.17, 15) is 0 Å². The largest absolute Gasteiger partial charge is 1.00 e. The number of quaternary nitrogens is 1. The van der Waals surface area contributed by atoms with Crippen molar-refractivity contribution in [2.24, 2.45) is 0 Å². The Balaban J connectivity index is 0.00000120. The highest BCUT2D eigenvalue weighted by Gasteiger charge is 2.32. The lowest BCUT2D eigenvalue weighted by molar-refractivity contribution is -0.905. The summed E-state index contributed by atoms with van der Waals surface area (Å²) in [6, 6.07) is 2.11. The molecular weight excluding hydrogens is 345 g/mol. The van der Waals surface area contributed by atoms with E-state index in [2.05, 4.69) is 20.2 Å². The van der Waals surface area contributed by atoms with Crippen molar-refractivity contribution in [1.82, 2.24) is 0 Å². The van der Waals surface area contributed by atoms with Gasteiger partial charge in [0, 0.05) is 6.42 Å². The summed E-state index contributed by atoms with van der Waals surface area (Å²) in [5, 5.41) is 0. The molecule has 0 aromatic heterocycles. The highest BCUT2D eigenvalue weighted by molar-refractivity contribution is 5.60. The molecule has 3 rings (SSSR count). The SMILES string of the molecule is COc1c2c(cc3c1OCO3)CC[N+](C)(C)C2.[I-]. The van der Waals surface area contributed by atoms with Gasteiger partial charge < -0.3 is 42.7 Å². The van der Waals surface area contributed by atoms with Crippen molar-refractivity contribution in [1.29, 1.82) is 0 Å². The van der Waals surface area contributed by atoms with Crippen LogP contribution in [-0.4, -0.2) is 39.0 Å². The smallest absolute Gasteiger partial charge is 0.231 e. The van der Waals surface area contributed by atoms with Crippen molar-refractivity contribution < 1.29 is 42.7 Å². The number of rotatable bonds is 1. The molecule has 2 aliphatic rings. The molecule has 100 valence electrons. The monoisotopic (exact) mass is 363 g/mol. The molecule has 0 unspecified atom stereocenters. The van der Waals surface area contributed by atoms with E-state index in [1.165, 1.54) is 11.1 Å². The normalized spacial score (nSPS) is 18.8. The second-order valence-corrected chi connectivity index (χ2v) is 5.35. The minimum Gasteiger partial charge on any atom is -1.00 e. The van der Waals surface area contributed by atoms with Gasteiger partial charge >= 0.3 is 0 Å². The molecule has 18 heavy (non-hydrogen) atoms. The van der Waals surface area contributed by atoms with Crippen LogP contribution in [0.1, 0.15) is 11.1 Å². The average Bonchev–Trinajstić information content (AvgIpc) is 2.73. The maximum Gasteiger partial charge on any atom is 0.231 e. The summed E-state index contributed by atoms with van der Waals surface area (Å²) >= 11 is 0. The van der Waals surface area contributed by atoms with E-state index in [1.807, 2.05) is 0 Å². The van der Waals surface area contributed by atoms with Crippen molar-refractivity contribution >= 4 is 0 Å². The van der Waals surface area contributed by atoms with Gasteiger partial charge in [0.05, 0.1) is 33.3 Å². The van der Waals surface area contributed by atoms with Gasteiger partial charge in [-0.3, -0.25) is 0 Å². The highest BCUT2D eigenvalue weighted by atomic mass is 127. The number of hydrogen-bond acceptors (Lipinski definition) is 3. The first-order valence-corrected chi connectivity index (χ1v) is 5.91. The molecule has 4 nitrogen and oxygen atoms in total. The Labute approximate surface area is 124 Å². The van der Waals surface area contributed by atoms with Gasteiger partial charge in [-0.25, -0.2) is 0 Å². The van der Waals surface area contributed by atoms with Crippen LogP contribution >= 0.6 is 0 Å². The number of ether oxygens (including phenoxy) is 3. The Bertz CT molecular complexity index is 474. The summed E-state index contributed by atoms with van der Waals surface area (Å²) in [5.74, 6) is 2.46. The summed E-state index contributed by atoms with van der Waals surface area (Å²) in [5.41, 5.74) is 2.61. The van der Waals surface area contributed by atoms with Crippen LogP contribution in [0, 0.1) is 0 Å². The van der Waals surface area contributed by atoms with Crippen LogP contribution in [0.15, 0.2) is 6.07 Å². The van der Waals surface area contributed by atoms with Crippen LogP contribution in [0.3, 0.4) is 0 Å². The molecule has 0 bridgehead atoms. The summed E-state index contributed by atoms with van der Waals surface area (Å²) in [6.45, 7) is 2.43. The van der Waals surface area contributed by atoms with Crippen molar-refractivity contribution in [3.63, 3.8) is 0 Å². The second-order valence-electron chi connectivity index (χ2n) is 5.35. The fourth-order valence-electron chi connectivity index (χ4n) is 2.64. The van der Waals surface area contributed by atoms with Crippen LogP contribution in [-0.2, 0) is 13.0 Å². The number of hydrogen-bond donors (Lipinski definition) is 0. The van der Waals surface area contributed by atoms with E-state index in [4.69, 9.17) is 14.2 Å². The number of fused-ring (bicyclic) bond motifs is 2. The lowest BCUT2D eigenvalue weighted by Gasteiger charge is -2.35. The van der Waals surface area contributed by atoms with Crippen molar-refractivity contribution in [3.05, 3.63) is 17.2 Å². The third-order valence-electron chi connectivity index (χ3n) is 3.59. The zero-order valence-corrected chi connectivity index (χ0v) is 13.1. The number of likely N-dealkylation sites (N-methyl/N-ethyl adjacent to an activating group) is 1. The first kappa shape index (κ1) is 13.7. The molecule has 5 heteroatoms. The average molecular weight is 363 g/mol. The van der Waals surface area contributed by atoms with Gasteiger partial charge in [0.15, 0.2) is 11.5 Å². The maximum atomic E-state index is 5.53. The first-order chi connectivity index (χ1) is 8.11. The van der Waals surface area contributed by atoms with Crippen molar-refractivity contribution in [2.45, 2.75) is 13.0 Å². The number of methoxy groups -OCH3 is 1. The molecule has 0 saturated carbocycles. The zero-order valence-electron chi connectivity index (χ0n) is 11.0. The lowest BCUT2D eigenvalue weighted by atomic mass is 9.96. The van der Waals surface area contributed by atoms with E-state index < -0.39 is 0 Å². The minimum absolute atomic E-state index is 0. The van der Waals surface area contributed by atoms with Gasteiger partial charge in [-0.05, 0) is 11.6 Å². The molecule has 0 saturated heterocycles. The number of nitrogens with zero attached hydrogens (tertiary/aromatic N) is 1. The van der Waals surface area contributed by atoms with Crippen molar-refractivity contribution in [2.75, 3.05) is 34.5 Å². The van der Waals surface area contributed by atoms with E-state index in [0.717, 1.165) is 41.2 Å². The zero-order chi connectivity index (χ0) is 12.0. The Hall–Kier alpha value is -0.690. The molecule has 0 radical (unpaired) electrons. The molecule has 0 aliphatic carbocycles. The maximum absolute atomic E-state index is 5.53. The third kappa shape index (κ3) is 2.14. The van der Waals surface area contributed by atoms with Gasteiger partial charge in [-0.2, -0.15) is 0 Å². The third-order valence-corrected chi connectivity index (χ3v) is 3.59. The highest BCUT2D eigenvalue weighted by Crippen LogP contribution is 2.46. The van der Waals surface area contributed by atoms with Gasteiger partial charge in [-0.1, -0.05) is 0 Å². The molecule has 0 fully saturated rings. The molecule has 0 spiro atoms. The van der Waals surface area contributed by atoms with Gasteiger partial charge in [-0.15, -0.1) is 0 Å². The Morgan fingerprint density at radius 1 is 1.28 bits per heavy atom. The van der Waals surface area contributed by atoms with Crippen LogP contribution < -0.4 is 38.2 Å². The molecule has 2 aliphatic heterocycles. The topological polar surface area (TPSA) is 27.7 Å². The number of benzene rings is 1. The van der Waals surface area contributed by atoms with Crippen LogP contribution in [0.4, 0.5) is 0 Å². The second kappa shape index (κ2) is 4.77. The van der Waals surface area contributed by atoms with E-state index in [0.29, 0.717) is 6.79 Å². The first-order valence-electron chi connectivity index (χ1n) is 5.91. The fraction of sp³-hybridized carbons (Fsp3) is 0.538. The quantitative estimate of drug-likeness (QED) is 0.452. The van der Waals surface area contributed by atoms with Crippen LogP contribution in [0.2, 0.25) is 0 Å². The van der Waals surface area contributed by atoms with E-state index >= 15 is 0 Å². The van der Waals surface area contributed by atoms with Crippen LogP contribution in [0.25, 0.3) is 0 Å². The number of halogens is 1. The van der Waals surface area contributed by atoms with Gasteiger partial charge in [0.2, 0.25) is 12.5 Å². The van der Waals surface area contributed by atoms with E-state index in [-0.39, 0.29) is 24.0 Å². The molecule has 0 atom stereocenters. The summed E-state index contributed by atoms with van der Waals surface area (Å²) in [4.78, 5) is 0. The summed E-state index contributed by atoms with van der Waals surface area (Å²) in [7, 11) is 6.19. The molecule has 0 amide bonds. The Kier molecular flexibility index (Phi) is 3.64. The molecule has 0 N–H and O–H groups in total. The molecule has 1 aromatic carbocycles. The van der Waals surface area contributed by atoms with Gasteiger partial charge in [0.25, 0.3) is 0 Å². The Morgan fingerprint density at radius 2 is 2.06 bits per heavy atom. The minimum atomic E-state index is 0. The summed E-state index contributed by atoms with van der Waals surface area (Å²) < 4.78 is 17.5. The molecule has 2 heterocycles. The van der Waals surface area contributed by atoms with E-state index in [1.54, 1.807) is 7.11 Å². The predicted molar refractivity (Wildman–Crippen MR) is 63.5 cm³/mol.